The van der Waals surface area contributed by atoms with Crippen LogP contribution in [-0.2, 0) is 9.31 Å². The van der Waals surface area contributed by atoms with Gasteiger partial charge in [-0.3, -0.25) is 0 Å². The molecule has 0 spiro atoms. The lowest BCUT2D eigenvalue weighted by Crippen LogP contribution is -2.41. The van der Waals surface area contributed by atoms with Gasteiger partial charge < -0.3 is 18.8 Å². The van der Waals surface area contributed by atoms with Gasteiger partial charge in [0.1, 0.15) is 0 Å². The van der Waals surface area contributed by atoms with Gasteiger partial charge in [-0.05, 0) is 57.7 Å². The van der Waals surface area contributed by atoms with E-state index in [1.165, 1.54) is 6.07 Å². The Morgan fingerprint density at radius 1 is 1.00 bits per heavy atom. The van der Waals surface area contributed by atoms with Gasteiger partial charge in [0.2, 0.25) is 0 Å². The SMILES string of the molecule is CC1(C)OB(C2C[C@H]2c2ccc3c(c2)OC(F)(F)O3)OC1(C)C. The Morgan fingerprint density at radius 3 is 2.26 bits per heavy atom. The van der Waals surface area contributed by atoms with E-state index in [1.54, 1.807) is 12.1 Å². The summed E-state index contributed by atoms with van der Waals surface area (Å²) in [5, 5.41) is 0. The molecule has 1 saturated heterocycles. The summed E-state index contributed by atoms with van der Waals surface area (Å²) < 4.78 is 47.3. The van der Waals surface area contributed by atoms with Crippen LogP contribution in [0.5, 0.6) is 11.5 Å². The van der Waals surface area contributed by atoms with Crippen molar-refractivity contribution in [3.63, 3.8) is 0 Å². The number of fused-ring (bicyclic) bond motifs is 1. The highest BCUT2D eigenvalue weighted by atomic mass is 19.3. The number of benzene rings is 1. The van der Waals surface area contributed by atoms with Crippen LogP contribution >= 0.6 is 0 Å². The summed E-state index contributed by atoms with van der Waals surface area (Å²) in [6.07, 6.45) is -2.66. The van der Waals surface area contributed by atoms with Gasteiger partial charge >= 0.3 is 13.4 Å². The van der Waals surface area contributed by atoms with Crippen LogP contribution in [0.4, 0.5) is 8.78 Å². The Bertz CT molecular complexity index is 645. The lowest BCUT2D eigenvalue weighted by atomic mass is 9.79. The van der Waals surface area contributed by atoms with Crippen LogP contribution in [-0.4, -0.2) is 24.6 Å². The van der Waals surface area contributed by atoms with E-state index in [-0.39, 0.29) is 41.6 Å². The van der Waals surface area contributed by atoms with Crippen molar-refractivity contribution >= 4 is 7.12 Å². The maximum absolute atomic E-state index is 13.1. The summed E-state index contributed by atoms with van der Waals surface area (Å²) in [7, 11) is -0.267. The monoisotopic (exact) mass is 324 g/mol. The number of alkyl halides is 2. The van der Waals surface area contributed by atoms with Crippen LogP contribution in [0, 0.1) is 0 Å². The summed E-state index contributed by atoms with van der Waals surface area (Å²) in [6.45, 7) is 8.08. The molecule has 3 aliphatic rings. The van der Waals surface area contributed by atoms with Crippen molar-refractivity contribution in [3.05, 3.63) is 23.8 Å². The van der Waals surface area contributed by atoms with Gasteiger partial charge in [-0.1, -0.05) is 6.07 Å². The zero-order chi connectivity index (χ0) is 16.6. The van der Waals surface area contributed by atoms with Crippen molar-refractivity contribution in [2.75, 3.05) is 0 Å². The molecule has 4 nitrogen and oxygen atoms in total. The number of rotatable bonds is 2. The van der Waals surface area contributed by atoms with E-state index in [9.17, 15) is 8.78 Å². The average Bonchev–Trinajstić information content (AvgIpc) is 3.08. The first kappa shape index (κ1) is 15.2. The van der Waals surface area contributed by atoms with Crippen molar-refractivity contribution in [1.29, 1.82) is 0 Å². The van der Waals surface area contributed by atoms with E-state index in [0.717, 1.165) is 12.0 Å². The minimum atomic E-state index is -3.57. The molecule has 0 radical (unpaired) electrons. The molecule has 7 heteroatoms. The van der Waals surface area contributed by atoms with E-state index in [1.807, 2.05) is 27.7 Å². The third kappa shape index (κ3) is 2.41. The van der Waals surface area contributed by atoms with Gasteiger partial charge in [-0.2, -0.15) is 0 Å². The summed E-state index contributed by atoms with van der Waals surface area (Å²) in [5.41, 5.74) is 0.230. The largest absolute Gasteiger partial charge is 0.586 e. The molecular weight excluding hydrogens is 305 g/mol. The molecule has 0 aromatic heterocycles. The quantitative estimate of drug-likeness (QED) is 0.772. The van der Waals surface area contributed by atoms with Crippen LogP contribution < -0.4 is 9.47 Å². The molecule has 0 N–H and O–H groups in total. The lowest BCUT2D eigenvalue weighted by Gasteiger charge is -2.32. The molecule has 0 amide bonds. The number of halogens is 2. The molecule has 2 fully saturated rings. The second kappa shape index (κ2) is 4.39. The minimum Gasteiger partial charge on any atom is -0.403 e. The van der Waals surface area contributed by atoms with E-state index in [0.29, 0.717) is 0 Å². The molecule has 1 aromatic rings. The minimum absolute atomic E-state index is 0.0755. The van der Waals surface area contributed by atoms with E-state index < -0.39 is 6.29 Å². The molecule has 2 aliphatic heterocycles. The lowest BCUT2D eigenvalue weighted by molar-refractivity contribution is -0.286. The fraction of sp³-hybridized carbons (Fsp3) is 0.625. The smallest absolute Gasteiger partial charge is 0.403 e. The van der Waals surface area contributed by atoms with Crippen LogP contribution in [0.2, 0.25) is 5.82 Å². The molecule has 0 bridgehead atoms. The summed E-state index contributed by atoms with van der Waals surface area (Å²) in [4.78, 5) is 0. The van der Waals surface area contributed by atoms with Crippen molar-refractivity contribution in [3.8, 4) is 11.5 Å². The molecule has 1 saturated carbocycles. The van der Waals surface area contributed by atoms with Crippen LogP contribution in [0.25, 0.3) is 0 Å². The third-order valence-electron chi connectivity index (χ3n) is 5.31. The summed E-state index contributed by atoms with van der Waals surface area (Å²) in [5.74, 6) is 0.628. The Morgan fingerprint density at radius 2 is 1.61 bits per heavy atom. The molecule has 2 heterocycles. The fourth-order valence-electron chi connectivity index (χ4n) is 3.16. The molecule has 23 heavy (non-hydrogen) atoms. The van der Waals surface area contributed by atoms with Crippen LogP contribution in [0.3, 0.4) is 0 Å². The van der Waals surface area contributed by atoms with Gasteiger partial charge in [-0.15, -0.1) is 8.78 Å². The molecule has 4 rings (SSSR count). The van der Waals surface area contributed by atoms with Gasteiger partial charge in [0.05, 0.1) is 11.2 Å². The van der Waals surface area contributed by atoms with E-state index in [2.05, 4.69) is 9.47 Å². The molecule has 1 aromatic carbocycles. The van der Waals surface area contributed by atoms with Crippen molar-refractivity contribution in [2.45, 2.75) is 63.3 Å². The Hall–Kier alpha value is -1.34. The van der Waals surface area contributed by atoms with Gasteiger partial charge in [-0.25, -0.2) is 0 Å². The second-order valence-corrected chi connectivity index (χ2v) is 7.50. The second-order valence-electron chi connectivity index (χ2n) is 7.50. The first-order chi connectivity index (χ1) is 10.6. The van der Waals surface area contributed by atoms with Gasteiger partial charge in [0, 0.05) is 5.82 Å². The summed E-state index contributed by atoms with van der Waals surface area (Å²) in [6, 6.07) is 4.97. The zero-order valence-corrected chi connectivity index (χ0v) is 13.6. The molecular formula is C16H19BF2O4. The van der Waals surface area contributed by atoms with Crippen LogP contribution in [0.1, 0.15) is 45.6 Å². The highest BCUT2D eigenvalue weighted by Gasteiger charge is 2.60. The Kier molecular flexibility index (Phi) is 2.90. The number of ether oxygens (including phenoxy) is 2. The maximum atomic E-state index is 13.1. The first-order valence-corrected chi connectivity index (χ1v) is 7.83. The topological polar surface area (TPSA) is 36.9 Å². The van der Waals surface area contributed by atoms with Crippen molar-refractivity contribution < 1.29 is 27.6 Å². The Balaban J connectivity index is 1.49. The highest BCUT2D eigenvalue weighted by molar-refractivity contribution is 6.49. The maximum Gasteiger partial charge on any atom is 0.586 e. The predicted molar refractivity (Wildman–Crippen MR) is 79.8 cm³/mol. The molecule has 1 aliphatic carbocycles. The number of hydrogen-bond donors (Lipinski definition) is 0. The van der Waals surface area contributed by atoms with E-state index in [4.69, 9.17) is 9.31 Å². The van der Waals surface area contributed by atoms with Gasteiger partial charge in [0.25, 0.3) is 0 Å². The fourth-order valence-corrected chi connectivity index (χ4v) is 3.16. The molecule has 2 atom stereocenters. The highest BCUT2D eigenvalue weighted by Crippen LogP contribution is 2.59. The van der Waals surface area contributed by atoms with Crippen molar-refractivity contribution in [2.24, 2.45) is 0 Å². The average molecular weight is 324 g/mol. The standard InChI is InChI=1S/C16H19BF2O4/c1-14(2)15(3,4)23-17(22-14)11-8-10(11)9-5-6-12-13(7-9)21-16(18,19)20-12/h5-7,10-11H,8H2,1-4H3/t10-,11?/m0/s1. The Labute approximate surface area is 134 Å². The summed E-state index contributed by atoms with van der Waals surface area (Å²) >= 11 is 0. The molecule has 1 unspecified atom stereocenters. The first-order valence-electron chi connectivity index (χ1n) is 7.83. The van der Waals surface area contributed by atoms with Gasteiger partial charge in [0.15, 0.2) is 11.5 Å². The van der Waals surface area contributed by atoms with E-state index >= 15 is 0 Å². The van der Waals surface area contributed by atoms with Crippen LogP contribution in [0.15, 0.2) is 18.2 Å². The molecule has 124 valence electrons. The normalized spacial score (nSPS) is 32.2. The number of hydrogen-bond acceptors (Lipinski definition) is 4. The van der Waals surface area contributed by atoms with Crippen molar-refractivity contribution in [1.82, 2.24) is 0 Å². The predicted octanol–water partition coefficient (Wildman–Crippen LogP) is 3.96. The zero-order valence-electron chi connectivity index (χ0n) is 13.6. The third-order valence-corrected chi connectivity index (χ3v) is 5.31.